The summed E-state index contributed by atoms with van der Waals surface area (Å²) in [5, 5.41) is 12.9. The number of ether oxygens (including phenoxy) is 3. The number of carbonyl (C=O) groups is 2. The summed E-state index contributed by atoms with van der Waals surface area (Å²) >= 11 is 1.46. The summed E-state index contributed by atoms with van der Waals surface area (Å²) in [7, 11) is 0. The second-order valence-corrected chi connectivity index (χ2v) is 10.3. The number of rotatable bonds is 5. The molecule has 33 heavy (non-hydrogen) atoms. The van der Waals surface area contributed by atoms with E-state index >= 15 is 0 Å². The number of carbonyl (C=O) groups excluding carboxylic acids is 2. The van der Waals surface area contributed by atoms with Gasteiger partial charge in [-0.1, -0.05) is 26.8 Å². The van der Waals surface area contributed by atoms with Gasteiger partial charge in [-0.25, -0.2) is 4.79 Å². The van der Waals surface area contributed by atoms with Gasteiger partial charge in [-0.3, -0.25) is 4.79 Å². The number of nitrogens with zero attached hydrogens (tertiary/aromatic N) is 1. The van der Waals surface area contributed by atoms with Gasteiger partial charge < -0.3 is 19.5 Å². The van der Waals surface area contributed by atoms with Crippen molar-refractivity contribution in [2.45, 2.75) is 40.0 Å². The Morgan fingerprint density at radius 2 is 2.09 bits per heavy atom. The van der Waals surface area contributed by atoms with Crippen molar-refractivity contribution in [3.63, 3.8) is 0 Å². The van der Waals surface area contributed by atoms with Crippen LogP contribution in [-0.2, 0) is 27.2 Å². The molecule has 1 aromatic carbocycles. The lowest BCUT2D eigenvalue weighted by Gasteiger charge is -2.33. The zero-order valence-corrected chi connectivity index (χ0v) is 19.7. The fraction of sp³-hybridized carbons (Fsp3) is 0.400. The van der Waals surface area contributed by atoms with Crippen LogP contribution in [0.1, 0.15) is 48.8 Å². The first-order valence-corrected chi connectivity index (χ1v) is 11.6. The van der Waals surface area contributed by atoms with E-state index in [9.17, 15) is 14.9 Å². The van der Waals surface area contributed by atoms with Gasteiger partial charge in [0.2, 0.25) is 6.79 Å². The highest BCUT2D eigenvalue weighted by Gasteiger charge is 2.32. The Kier molecular flexibility index (Phi) is 6.43. The van der Waals surface area contributed by atoms with E-state index < -0.39 is 18.5 Å². The Morgan fingerprint density at radius 3 is 2.85 bits per heavy atom. The van der Waals surface area contributed by atoms with E-state index in [2.05, 4.69) is 32.2 Å². The SMILES string of the molecule is CC(C)(C)C1CCc2c(sc(NC(=O)COC(=O)/C=C/c3ccc4c(c3)OCO4)c2C#N)C1. The number of nitriles is 1. The lowest BCUT2D eigenvalue weighted by Crippen LogP contribution is -2.26. The molecule has 4 rings (SSSR count). The molecule has 0 radical (unpaired) electrons. The number of esters is 1. The van der Waals surface area contributed by atoms with Crippen molar-refractivity contribution in [3.05, 3.63) is 45.8 Å². The number of hydrogen-bond donors (Lipinski definition) is 1. The molecule has 1 aliphatic carbocycles. The molecule has 1 aromatic heterocycles. The number of fused-ring (bicyclic) bond motifs is 2. The minimum absolute atomic E-state index is 0.178. The van der Waals surface area contributed by atoms with E-state index in [0.717, 1.165) is 35.3 Å². The van der Waals surface area contributed by atoms with Crippen LogP contribution in [0.5, 0.6) is 11.5 Å². The van der Waals surface area contributed by atoms with Crippen molar-refractivity contribution >= 4 is 34.3 Å². The Balaban J connectivity index is 1.33. The summed E-state index contributed by atoms with van der Waals surface area (Å²) in [6.07, 6.45) is 5.61. The van der Waals surface area contributed by atoms with Crippen LogP contribution in [0.15, 0.2) is 24.3 Å². The number of anilines is 1. The van der Waals surface area contributed by atoms with Crippen molar-refractivity contribution in [1.29, 1.82) is 5.26 Å². The van der Waals surface area contributed by atoms with Crippen LogP contribution in [0, 0.1) is 22.7 Å². The summed E-state index contributed by atoms with van der Waals surface area (Å²) in [5.74, 6) is 0.707. The molecule has 0 spiro atoms. The second-order valence-electron chi connectivity index (χ2n) is 9.23. The Bertz CT molecular complexity index is 1150. The number of thiophene rings is 1. The summed E-state index contributed by atoms with van der Waals surface area (Å²) in [4.78, 5) is 25.6. The summed E-state index contributed by atoms with van der Waals surface area (Å²) in [5.41, 5.74) is 2.52. The fourth-order valence-electron chi connectivity index (χ4n) is 4.06. The number of amides is 1. The average Bonchev–Trinajstić information content (AvgIpc) is 3.38. The molecule has 0 saturated heterocycles. The molecule has 0 saturated carbocycles. The fourth-order valence-corrected chi connectivity index (χ4v) is 5.35. The minimum atomic E-state index is -0.637. The Morgan fingerprint density at radius 1 is 1.30 bits per heavy atom. The largest absolute Gasteiger partial charge is 0.454 e. The van der Waals surface area contributed by atoms with Crippen LogP contribution in [0.2, 0.25) is 0 Å². The molecule has 1 N–H and O–H groups in total. The van der Waals surface area contributed by atoms with Crippen molar-refractivity contribution in [1.82, 2.24) is 0 Å². The molecule has 0 bridgehead atoms. The Hall–Kier alpha value is -3.31. The van der Waals surface area contributed by atoms with Gasteiger partial charge in [0, 0.05) is 11.0 Å². The van der Waals surface area contributed by atoms with E-state index in [4.69, 9.17) is 14.2 Å². The molecular formula is C25H26N2O5S. The predicted molar refractivity (Wildman–Crippen MR) is 125 cm³/mol. The maximum Gasteiger partial charge on any atom is 0.331 e. The van der Waals surface area contributed by atoms with Crippen LogP contribution in [0.25, 0.3) is 6.08 Å². The first-order valence-electron chi connectivity index (χ1n) is 10.8. The number of benzene rings is 1. The van der Waals surface area contributed by atoms with Gasteiger partial charge in [0.05, 0.1) is 5.56 Å². The third kappa shape index (κ3) is 5.20. The van der Waals surface area contributed by atoms with Gasteiger partial charge >= 0.3 is 5.97 Å². The normalized spacial score (nSPS) is 16.8. The number of nitrogens with one attached hydrogen (secondary N) is 1. The molecule has 8 heteroatoms. The highest BCUT2D eigenvalue weighted by atomic mass is 32.1. The molecule has 7 nitrogen and oxygen atoms in total. The summed E-state index contributed by atoms with van der Waals surface area (Å²) in [6.45, 7) is 6.46. The predicted octanol–water partition coefficient (Wildman–Crippen LogP) is 4.69. The molecule has 1 aliphatic heterocycles. The van der Waals surface area contributed by atoms with Crippen LogP contribution in [0.3, 0.4) is 0 Å². The molecule has 1 atom stereocenters. The topological polar surface area (TPSA) is 97.7 Å². The van der Waals surface area contributed by atoms with Gasteiger partial charge in [0.1, 0.15) is 11.1 Å². The lowest BCUT2D eigenvalue weighted by atomic mass is 9.72. The van der Waals surface area contributed by atoms with Gasteiger partial charge in [-0.15, -0.1) is 11.3 Å². The summed E-state index contributed by atoms with van der Waals surface area (Å²) in [6, 6.07) is 7.55. The van der Waals surface area contributed by atoms with Gasteiger partial charge in [-0.05, 0) is 59.9 Å². The van der Waals surface area contributed by atoms with Crippen LogP contribution < -0.4 is 14.8 Å². The zero-order valence-electron chi connectivity index (χ0n) is 18.9. The van der Waals surface area contributed by atoms with Crippen LogP contribution in [0.4, 0.5) is 5.00 Å². The first kappa shape index (κ1) is 22.9. The molecule has 1 unspecified atom stereocenters. The van der Waals surface area contributed by atoms with Crippen LogP contribution in [-0.4, -0.2) is 25.3 Å². The second kappa shape index (κ2) is 9.28. The summed E-state index contributed by atoms with van der Waals surface area (Å²) < 4.78 is 15.6. The maximum atomic E-state index is 12.4. The molecule has 2 aliphatic rings. The van der Waals surface area contributed by atoms with E-state index in [1.165, 1.54) is 17.4 Å². The van der Waals surface area contributed by atoms with E-state index in [0.29, 0.717) is 28.0 Å². The van der Waals surface area contributed by atoms with E-state index in [1.807, 2.05) is 0 Å². The highest BCUT2D eigenvalue weighted by molar-refractivity contribution is 7.16. The van der Waals surface area contributed by atoms with Crippen molar-refractivity contribution in [2.24, 2.45) is 11.3 Å². The molecule has 1 amide bonds. The van der Waals surface area contributed by atoms with Gasteiger partial charge in [0.15, 0.2) is 18.1 Å². The highest BCUT2D eigenvalue weighted by Crippen LogP contribution is 2.44. The zero-order chi connectivity index (χ0) is 23.6. The van der Waals surface area contributed by atoms with E-state index in [1.54, 1.807) is 24.3 Å². The smallest absolute Gasteiger partial charge is 0.331 e. The van der Waals surface area contributed by atoms with E-state index in [-0.39, 0.29) is 12.2 Å². The molecule has 2 heterocycles. The van der Waals surface area contributed by atoms with Crippen molar-refractivity contribution < 1.29 is 23.8 Å². The monoisotopic (exact) mass is 466 g/mol. The van der Waals surface area contributed by atoms with Crippen LogP contribution >= 0.6 is 11.3 Å². The quantitative estimate of drug-likeness (QED) is 0.507. The van der Waals surface area contributed by atoms with Gasteiger partial charge in [0.25, 0.3) is 5.91 Å². The molecule has 172 valence electrons. The Labute approximate surface area is 197 Å². The minimum Gasteiger partial charge on any atom is -0.454 e. The first-order chi connectivity index (χ1) is 15.7. The lowest BCUT2D eigenvalue weighted by molar-refractivity contribution is -0.142. The van der Waals surface area contributed by atoms with Gasteiger partial charge in [-0.2, -0.15) is 5.26 Å². The number of hydrogen-bond acceptors (Lipinski definition) is 7. The molecule has 0 fully saturated rings. The molecular weight excluding hydrogens is 440 g/mol. The van der Waals surface area contributed by atoms with Crippen molar-refractivity contribution in [2.75, 3.05) is 18.7 Å². The third-order valence-electron chi connectivity index (χ3n) is 6.01. The molecule has 2 aromatic rings. The maximum absolute atomic E-state index is 12.4. The van der Waals surface area contributed by atoms with Crippen molar-refractivity contribution in [3.8, 4) is 17.6 Å². The average molecular weight is 467 g/mol. The third-order valence-corrected chi connectivity index (χ3v) is 7.18. The standard InChI is InChI=1S/C25H26N2O5S/c1-25(2,3)16-6-7-17-18(12-26)24(33-21(17)11-16)27-22(28)13-30-23(29)9-5-15-4-8-19-20(10-15)32-14-31-19/h4-5,8-10,16H,6-7,11,13-14H2,1-3H3,(H,27,28)/b9-5+.